The Hall–Kier alpha value is -3.84. The first-order valence-corrected chi connectivity index (χ1v) is 25.7. The van der Waals surface area contributed by atoms with Crippen molar-refractivity contribution in [1.82, 2.24) is 19.9 Å². The van der Waals surface area contributed by atoms with E-state index in [1.807, 2.05) is 96.2 Å². The summed E-state index contributed by atoms with van der Waals surface area (Å²) in [5.41, 5.74) is 0.777. The highest BCUT2D eigenvalue weighted by molar-refractivity contribution is 5.88. The zero-order valence-corrected chi connectivity index (χ0v) is 45.5. The number of benzene rings is 2. The van der Waals surface area contributed by atoms with E-state index in [1.54, 1.807) is 0 Å². The van der Waals surface area contributed by atoms with E-state index >= 15 is 0 Å². The highest BCUT2D eigenvalue weighted by Gasteiger charge is 2.59. The lowest BCUT2D eigenvalue weighted by atomic mass is 9.80. The van der Waals surface area contributed by atoms with Gasteiger partial charge in [-0.2, -0.15) is 10.1 Å². The number of carbonyl (C=O) groups excluding carboxylic acids is 4. The molecule has 2 aromatic carbocycles. The summed E-state index contributed by atoms with van der Waals surface area (Å²) in [4.78, 5) is 71.2. The summed E-state index contributed by atoms with van der Waals surface area (Å²) in [6.07, 6.45) is 4.71. The van der Waals surface area contributed by atoms with Gasteiger partial charge in [0.1, 0.15) is 35.5 Å². The van der Waals surface area contributed by atoms with Gasteiger partial charge in [0.2, 0.25) is 11.8 Å². The molecule has 0 N–H and O–H groups in total. The van der Waals surface area contributed by atoms with Gasteiger partial charge in [-0.1, -0.05) is 89.1 Å². The van der Waals surface area contributed by atoms with Crippen molar-refractivity contribution in [2.45, 2.75) is 246 Å². The number of esters is 2. The van der Waals surface area contributed by atoms with Crippen molar-refractivity contribution in [2.75, 3.05) is 13.1 Å². The van der Waals surface area contributed by atoms with Crippen molar-refractivity contribution >= 4 is 23.8 Å². The molecule has 12 heteroatoms. The number of rotatable bonds is 21. The Morgan fingerprint density at radius 1 is 0.500 bits per heavy atom. The third kappa shape index (κ3) is 12.7. The van der Waals surface area contributed by atoms with Crippen molar-refractivity contribution in [3.05, 3.63) is 70.8 Å². The number of carbonyl (C=O) groups is 4. The molecule has 0 radical (unpaired) electrons. The minimum absolute atomic E-state index is 0.108. The Morgan fingerprint density at radius 3 is 1.01 bits per heavy atom. The predicted octanol–water partition coefficient (Wildman–Crippen LogP) is 12.5. The highest BCUT2D eigenvalue weighted by atomic mass is 16.7. The summed E-state index contributed by atoms with van der Waals surface area (Å²) in [6, 6.07) is 15.9. The molecule has 4 atom stereocenters. The number of unbranched alkanes of at least 4 members (excludes halogenated alkanes) is 3. The van der Waals surface area contributed by atoms with Crippen LogP contribution < -0.4 is 0 Å². The number of ether oxygens (including phenoxy) is 2. The second kappa shape index (κ2) is 22.5. The molecule has 4 rings (SSSR count). The smallest absolute Gasteiger partial charge is 0.306 e. The number of nitrogens with zero attached hydrogens (tertiary/aromatic N) is 4. The molecule has 2 aromatic rings. The Balaban J connectivity index is 1.19. The van der Waals surface area contributed by atoms with Gasteiger partial charge in [-0.05, 0) is 158 Å². The van der Waals surface area contributed by atoms with E-state index in [9.17, 15) is 19.2 Å². The maximum Gasteiger partial charge on any atom is 0.306 e. The van der Waals surface area contributed by atoms with Crippen LogP contribution in [0.5, 0.6) is 0 Å². The van der Waals surface area contributed by atoms with Crippen LogP contribution in [0.3, 0.4) is 0 Å². The average molecular weight is 947 g/mol. The molecule has 0 aromatic heterocycles. The van der Waals surface area contributed by atoms with Gasteiger partial charge in [0, 0.05) is 37.0 Å². The molecule has 2 aliphatic heterocycles. The van der Waals surface area contributed by atoms with E-state index < -0.39 is 34.4 Å². The molecular formula is C56H90N4O8. The largest absolute Gasteiger partial charge is 0.458 e. The van der Waals surface area contributed by atoms with Gasteiger partial charge in [0.15, 0.2) is 0 Å². The van der Waals surface area contributed by atoms with E-state index in [0.29, 0.717) is 64.5 Å². The zero-order chi connectivity index (χ0) is 51.2. The number of amides is 2. The topological polar surface area (TPSA) is 118 Å². The Labute approximate surface area is 411 Å². The fraction of sp³-hybridized carbons (Fsp3) is 0.714. The van der Waals surface area contributed by atoms with Crippen LogP contribution in [0.4, 0.5) is 0 Å². The van der Waals surface area contributed by atoms with Crippen LogP contribution in [0.1, 0.15) is 236 Å². The SMILES string of the molecule is CCC1(CC)C(=O)N(C(C)(C)C)CC(C)(C)N1OC(C)c1ccc(C(C)OC(=O)CCCCCCC(=O)OC(C)c2ccc(C(C)ON3C(C)(C)CN(C(C)(C)C)C(=O)C3(CC)CC)cc2)cc1. The standard InChI is InChI=1S/C56H90N4O8/c1-19-55(20-2)49(63)57(51(9,10)11)37-53(15,16)59(55)67-41(7)45-33-29-43(30-34-45)39(5)65-47(61)27-25-23-24-26-28-48(62)66-40(6)44-31-35-46(36-32-44)42(8)68-60-54(17,18)38-58(52(12,13)14)50(64)56(60,21-3)22-4/h29-36,39-42H,19-28,37-38H2,1-18H3. The number of piperazine rings is 2. The Kier molecular flexibility index (Phi) is 18.8. The van der Waals surface area contributed by atoms with Crippen molar-refractivity contribution in [1.29, 1.82) is 0 Å². The summed E-state index contributed by atoms with van der Waals surface area (Å²) >= 11 is 0. The zero-order valence-electron chi connectivity index (χ0n) is 45.5. The fourth-order valence-electron chi connectivity index (χ4n) is 10.2. The molecule has 2 saturated heterocycles. The fourth-order valence-corrected chi connectivity index (χ4v) is 10.2. The summed E-state index contributed by atoms with van der Waals surface area (Å²) < 4.78 is 11.6. The molecule has 0 spiro atoms. The monoisotopic (exact) mass is 947 g/mol. The lowest BCUT2D eigenvalue weighted by Gasteiger charge is -2.59. The van der Waals surface area contributed by atoms with Crippen LogP contribution >= 0.6 is 0 Å². The lowest BCUT2D eigenvalue weighted by molar-refractivity contribution is -0.311. The van der Waals surface area contributed by atoms with Gasteiger partial charge in [-0.15, -0.1) is 0 Å². The third-order valence-electron chi connectivity index (χ3n) is 14.6. The molecule has 2 fully saturated rings. The molecule has 382 valence electrons. The molecule has 0 bridgehead atoms. The predicted molar refractivity (Wildman–Crippen MR) is 270 cm³/mol. The molecule has 12 nitrogen and oxygen atoms in total. The van der Waals surface area contributed by atoms with Gasteiger partial charge >= 0.3 is 11.9 Å². The van der Waals surface area contributed by atoms with Crippen molar-refractivity contribution in [2.24, 2.45) is 0 Å². The summed E-state index contributed by atoms with van der Waals surface area (Å²) in [6.45, 7) is 38.3. The van der Waals surface area contributed by atoms with Gasteiger partial charge in [-0.3, -0.25) is 28.9 Å². The number of hydrogen-bond acceptors (Lipinski definition) is 10. The lowest BCUT2D eigenvalue weighted by Crippen LogP contribution is -2.75. The van der Waals surface area contributed by atoms with Crippen molar-refractivity contribution in [3.8, 4) is 0 Å². The van der Waals surface area contributed by atoms with E-state index in [0.717, 1.165) is 35.1 Å². The first-order valence-electron chi connectivity index (χ1n) is 25.7. The van der Waals surface area contributed by atoms with Crippen molar-refractivity contribution < 1.29 is 38.3 Å². The molecular weight excluding hydrogens is 857 g/mol. The Morgan fingerprint density at radius 2 is 0.765 bits per heavy atom. The van der Waals surface area contributed by atoms with Crippen LogP contribution in [0.25, 0.3) is 0 Å². The minimum Gasteiger partial charge on any atom is -0.458 e. The molecule has 0 aliphatic carbocycles. The van der Waals surface area contributed by atoms with E-state index in [4.69, 9.17) is 19.1 Å². The van der Waals surface area contributed by atoms with Gasteiger partial charge < -0.3 is 19.3 Å². The van der Waals surface area contributed by atoms with E-state index in [2.05, 4.69) is 96.9 Å². The minimum atomic E-state index is -0.770. The van der Waals surface area contributed by atoms with Crippen LogP contribution in [-0.4, -0.2) is 90.0 Å². The maximum absolute atomic E-state index is 14.0. The van der Waals surface area contributed by atoms with Crippen molar-refractivity contribution in [3.63, 3.8) is 0 Å². The third-order valence-corrected chi connectivity index (χ3v) is 14.6. The van der Waals surface area contributed by atoms with Gasteiger partial charge in [0.25, 0.3) is 0 Å². The Bertz CT molecular complexity index is 1850. The number of hydrogen-bond donors (Lipinski definition) is 0. The molecule has 68 heavy (non-hydrogen) atoms. The molecule has 2 heterocycles. The van der Waals surface area contributed by atoms with Crippen LogP contribution in [0, 0.1) is 0 Å². The van der Waals surface area contributed by atoms with Crippen LogP contribution in [-0.2, 0) is 38.3 Å². The summed E-state index contributed by atoms with van der Waals surface area (Å²) in [7, 11) is 0. The summed E-state index contributed by atoms with van der Waals surface area (Å²) in [5.74, 6) is -0.277. The number of hydroxylamine groups is 4. The first kappa shape index (κ1) is 56.7. The second-order valence-corrected chi connectivity index (χ2v) is 22.8. The van der Waals surface area contributed by atoms with Gasteiger partial charge in [0.05, 0.1) is 11.1 Å². The normalized spacial score (nSPS) is 20.4. The molecule has 0 saturated carbocycles. The molecule has 2 amide bonds. The molecule has 4 unspecified atom stereocenters. The van der Waals surface area contributed by atoms with E-state index in [1.165, 1.54) is 0 Å². The average Bonchev–Trinajstić information content (AvgIpc) is 3.27. The van der Waals surface area contributed by atoms with Crippen LogP contribution in [0.15, 0.2) is 48.5 Å². The second-order valence-electron chi connectivity index (χ2n) is 22.8. The maximum atomic E-state index is 14.0. The van der Waals surface area contributed by atoms with E-state index in [-0.39, 0.29) is 47.0 Å². The summed E-state index contributed by atoms with van der Waals surface area (Å²) in [5, 5.41) is 3.95. The highest BCUT2D eigenvalue weighted by Crippen LogP contribution is 2.44. The molecule has 2 aliphatic rings. The van der Waals surface area contributed by atoms with Gasteiger partial charge in [-0.25, -0.2) is 0 Å². The quantitative estimate of drug-likeness (QED) is 0.0884. The van der Waals surface area contributed by atoms with Crippen LogP contribution in [0.2, 0.25) is 0 Å². The first-order chi connectivity index (χ1) is 31.5.